The number of unbranched alkanes of at least 4 members (excludes halogenated alkanes) is 9. The summed E-state index contributed by atoms with van der Waals surface area (Å²) in [5, 5.41) is 4.02. The van der Waals surface area contributed by atoms with E-state index in [2.05, 4.69) is 23.4 Å². The molecule has 0 bridgehead atoms. The lowest BCUT2D eigenvalue weighted by Crippen LogP contribution is -2.17. The van der Waals surface area contributed by atoms with Crippen LogP contribution in [0.3, 0.4) is 0 Å². The number of hydrogen-bond acceptors (Lipinski definition) is 3. The quantitative estimate of drug-likeness (QED) is 0.193. The van der Waals surface area contributed by atoms with Crippen LogP contribution >= 0.6 is 0 Å². The fraction of sp³-hybridized carbons (Fsp3) is 0.565. The zero-order valence-electron chi connectivity index (χ0n) is 16.7. The van der Waals surface area contributed by atoms with Crippen molar-refractivity contribution in [1.29, 1.82) is 0 Å². The predicted octanol–water partition coefficient (Wildman–Crippen LogP) is 5.46. The van der Waals surface area contributed by atoms with Gasteiger partial charge in [-0.3, -0.25) is 4.79 Å². The van der Waals surface area contributed by atoms with Gasteiger partial charge in [0.1, 0.15) is 12.4 Å². The van der Waals surface area contributed by atoms with Gasteiger partial charge in [0.15, 0.2) is 0 Å². The van der Waals surface area contributed by atoms with Gasteiger partial charge in [-0.25, -0.2) is 5.43 Å². The second-order valence-electron chi connectivity index (χ2n) is 6.76. The first kappa shape index (κ1) is 22.8. The van der Waals surface area contributed by atoms with Crippen molar-refractivity contribution in [2.24, 2.45) is 5.10 Å². The summed E-state index contributed by atoms with van der Waals surface area (Å²) < 4.78 is 5.44. The fourth-order valence-electron chi connectivity index (χ4n) is 2.84. The van der Waals surface area contributed by atoms with Gasteiger partial charge in [0.05, 0.1) is 6.21 Å². The number of amides is 1. The number of rotatable bonds is 15. The smallest absolute Gasteiger partial charge is 0.240 e. The maximum absolute atomic E-state index is 11.8. The van der Waals surface area contributed by atoms with Crippen LogP contribution < -0.4 is 10.2 Å². The number of nitrogens with one attached hydrogen (secondary N) is 1. The second-order valence-corrected chi connectivity index (χ2v) is 6.76. The lowest BCUT2D eigenvalue weighted by Gasteiger charge is -2.05. The van der Waals surface area contributed by atoms with Crippen LogP contribution in [-0.4, -0.2) is 18.7 Å². The van der Waals surface area contributed by atoms with Gasteiger partial charge in [0.25, 0.3) is 0 Å². The molecule has 0 fully saturated rings. The molecule has 0 radical (unpaired) electrons. The number of para-hydroxylation sites is 1. The molecular formula is C23H34N2O2. The normalized spacial score (nSPS) is 10.7. The minimum atomic E-state index is -0.0483. The number of carbonyl (C=O) groups is 1. The van der Waals surface area contributed by atoms with E-state index in [1.807, 2.05) is 24.3 Å². The van der Waals surface area contributed by atoms with Gasteiger partial charge >= 0.3 is 0 Å². The molecule has 0 saturated heterocycles. The molecule has 1 aromatic rings. The summed E-state index contributed by atoms with van der Waals surface area (Å²) in [6, 6.07) is 7.44. The topological polar surface area (TPSA) is 50.7 Å². The summed E-state index contributed by atoms with van der Waals surface area (Å²) in [6.45, 7) is 2.45. The minimum Gasteiger partial charge on any atom is -0.480 e. The summed E-state index contributed by atoms with van der Waals surface area (Å²) in [6.07, 6.45) is 19.9. The zero-order valence-corrected chi connectivity index (χ0v) is 16.7. The molecule has 0 unspecified atom stereocenters. The molecule has 0 aliphatic heterocycles. The second kappa shape index (κ2) is 15.9. The average Bonchev–Trinajstić information content (AvgIpc) is 2.68. The highest BCUT2D eigenvalue weighted by molar-refractivity contribution is 5.85. The van der Waals surface area contributed by atoms with E-state index in [0.717, 1.165) is 18.4 Å². The van der Waals surface area contributed by atoms with Crippen LogP contribution in [0.2, 0.25) is 0 Å². The molecule has 0 aliphatic rings. The molecule has 0 heterocycles. The molecule has 0 spiro atoms. The largest absolute Gasteiger partial charge is 0.480 e. The van der Waals surface area contributed by atoms with Crippen molar-refractivity contribution in [3.8, 4) is 18.1 Å². The van der Waals surface area contributed by atoms with Gasteiger partial charge in [-0.15, -0.1) is 6.42 Å². The van der Waals surface area contributed by atoms with Crippen molar-refractivity contribution in [1.82, 2.24) is 5.43 Å². The Morgan fingerprint density at radius 2 is 1.70 bits per heavy atom. The summed E-state index contributed by atoms with van der Waals surface area (Å²) in [4.78, 5) is 11.8. The molecule has 0 aromatic heterocycles. The molecule has 1 amide bonds. The van der Waals surface area contributed by atoms with E-state index in [0.29, 0.717) is 12.2 Å². The van der Waals surface area contributed by atoms with E-state index in [1.54, 1.807) is 6.21 Å². The highest BCUT2D eigenvalue weighted by Gasteiger charge is 2.01. The summed E-state index contributed by atoms with van der Waals surface area (Å²) >= 11 is 0. The van der Waals surface area contributed by atoms with Crippen LogP contribution in [0.25, 0.3) is 0 Å². The van der Waals surface area contributed by atoms with Crippen LogP contribution in [0.5, 0.6) is 5.75 Å². The molecule has 0 saturated carbocycles. The summed E-state index contributed by atoms with van der Waals surface area (Å²) in [5.41, 5.74) is 3.36. The lowest BCUT2D eigenvalue weighted by molar-refractivity contribution is -0.121. The van der Waals surface area contributed by atoms with Crippen LogP contribution in [-0.2, 0) is 4.79 Å². The Labute approximate surface area is 164 Å². The van der Waals surface area contributed by atoms with Gasteiger partial charge in [-0.05, 0) is 18.6 Å². The van der Waals surface area contributed by atoms with Gasteiger partial charge in [-0.1, -0.05) is 82.8 Å². The number of benzene rings is 1. The molecular weight excluding hydrogens is 336 g/mol. The van der Waals surface area contributed by atoms with E-state index in [-0.39, 0.29) is 12.5 Å². The molecule has 0 atom stereocenters. The first-order valence-electron chi connectivity index (χ1n) is 10.2. The summed E-state index contributed by atoms with van der Waals surface area (Å²) in [7, 11) is 0. The number of nitrogens with zero attached hydrogens (tertiary/aromatic N) is 1. The van der Waals surface area contributed by atoms with Crippen LogP contribution in [0.1, 0.15) is 83.1 Å². The average molecular weight is 371 g/mol. The van der Waals surface area contributed by atoms with Gasteiger partial charge in [0, 0.05) is 12.0 Å². The predicted molar refractivity (Wildman–Crippen MR) is 113 cm³/mol. The Hall–Kier alpha value is -2.28. The van der Waals surface area contributed by atoms with Crippen LogP contribution in [0.4, 0.5) is 0 Å². The van der Waals surface area contributed by atoms with Crippen LogP contribution in [0.15, 0.2) is 29.4 Å². The first-order chi connectivity index (χ1) is 13.3. The third-order valence-corrected chi connectivity index (χ3v) is 4.38. The zero-order chi connectivity index (χ0) is 19.6. The number of hydrazone groups is 1. The maximum atomic E-state index is 11.8. The van der Waals surface area contributed by atoms with Gasteiger partial charge in [0.2, 0.25) is 5.91 Å². The van der Waals surface area contributed by atoms with Crippen molar-refractivity contribution in [3.05, 3.63) is 29.8 Å². The highest BCUT2D eigenvalue weighted by Crippen LogP contribution is 2.15. The SMILES string of the molecule is C#CCOc1ccccc1C=NNC(=O)CCCCCCCCCCCC. The molecule has 148 valence electrons. The lowest BCUT2D eigenvalue weighted by atomic mass is 10.1. The minimum absolute atomic E-state index is 0.0483. The Morgan fingerprint density at radius 3 is 2.37 bits per heavy atom. The van der Waals surface area contributed by atoms with E-state index in [4.69, 9.17) is 11.2 Å². The molecule has 1 N–H and O–H groups in total. The van der Waals surface area contributed by atoms with E-state index >= 15 is 0 Å². The summed E-state index contributed by atoms with van der Waals surface area (Å²) in [5.74, 6) is 3.04. The Balaban J connectivity index is 2.11. The molecule has 0 aliphatic carbocycles. The number of hydrogen-bond donors (Lipinski definition) is 1. The van der Waals surface area contributed by atoms with E-state index < -0.39 is 0 Å². The van der Waals surface area contributed by atoms with Gasteiger partial charge < -0.3 is 4.74 Å². The molecule has 4 heteroatoms. The van der Waals surface area contributed by atoms with Crippen molar-refractivity contribution in [2.45, 2.75) is 77.6 Å². The van der Waals surface area contributed by atoms with E-state index in [9.17, 15) is 4.79 Å². The Morgan fingerprint density at radius 1 is 1.07 bits per heavy atom. The molecule has 1 aromatic carbocycles. The van der Waals surface area contributed by atoms with Crippen molar-refractivity contribution >= 4 is 12.1 Å². The number of ether oxygens (including phenoxy) is 1. The fourth-order valence-corrected chi connectivity index (χ4v) is 2.84. The number of carbonyl (C=O) groups excluding carboxylic acids is 1. The number of terminal acetylenes is 1. The van der Waals surface area contributed by atoms with Gasteiger partial charge in [-0.2, -0.15) is 5.10 Å². The van der Waals surface area contributed by atoms with Crippen molar-refractivity contribution in [3.63, 3.8) is 0 Å². The third-order valence-electron chi connectivity index (χ3n) is 4.38. The highest BCUT2D eigenvalue weighted by atomic mass is 16.5. The van der Waals surface area contributed by atoms with E-state index in [1.165, 1.54) is 51.4 Å². The molecule has 27 heavy (non-hydrogen) atoms. The Bertz CT molecular complexity index is 590. The first-order valence-corrected chi connectivity index (χ1v) is 10.2. The third kappa shape index (κ3) is 11.9. The standard InChI is InChI=1S/C23H34N2O2/c1-3-5-6-7-8-9-10-11-12-13-18-23(26)25-24-20-21-16-14-15-17-22(21)27-19-4-2/h2,14-17,20H,3,5-13,18-19H2,1H3,(H,25,26). The molecule has 1 rings (SSSR count). The van der Waals surface area contributed by atoms with Crippen molar-refractivity contribution < 1.29 is 9.53 Å². The molecule has 4 nitrogen and oxygen atoms in total. The Kier molecular flexibility index (Phi) is 13.4. The van der Waals surface area contributed by atoms with Crippen molar-refractivity contribution in [2.75, 3.05) is 6.61 Å². The maximum Gasteiger partial charge on any atom is 0.240 e. The van der Waals surface area contributed by atoms with Crippen LogP contribution in [0, 0.1) is 12.3 Å². The monoisotopic (exact) mass is 370 g/mol.